The first kappa shape index (κ1) is 15.9. The van der Waals surface area contributed by atoms with E-state index in [1.54, 1.807) is 6.07 Å². The molecule has 1 aliphatic carbocycles. The van der Waals surface area contributed by atoms with Crippen LogP contribution in [0.4, 0.5) is 0 Å². The Kier molecular flexibility index (Phi) is 4.05. The summed E-state index contributed by atoms with van der Waals surface area (Å²) < 4.78 is 10.4. The minimum absolute atomic E-state index is 0.233. The van der Waals surface area contributed by atoms with Crippen LogP contribution in [0.25, 0.3) is 0 Å². The summed E-state index contributed by atoms with van der Waals surface area (Å²) in [7, 11) is 1.37. The molecule has 23 heavy (non-hydrogen) atoms. The summed E-state index contributed by atoms with van der Waals surface area (Å²) in [5.74, 6) is 0.653. The Bertz CT molecular complexity index is 737. The SMILES string of the molecule is COC(=O)c1ccc(Cc2c(C)ccc3c2CCCC3(C)C)o1. The van der Waals surface area contributed by atoms with Crippen molar-refractivity contribution in [3.63, 3.8) is 0 Å². The van der Waals surface area contributed by atoms with Crippen LogP contribution in [0.5, 0.6) is 0 Å². The zero-order valence-electron chi connectivity index (χ0n) is 14.4. The fourth-order valence-corrected chi connectivity index (χ4v) is 3.68. The van der Waals surface area contributed by atoms with Crippen LogP contribution in [0.3, 0.4) is 0 Å². The fraction of sp³-hybridized carbons (Fsp3) is 0.450. The van der Waals surface area contributed by atoms with E-state index in [1.807, 2.05) is 6.07 Å². The molecule has 2 aromatic rings. The second-order valence-corrected chi connectivity index (χ2v) is 7.06. The highest BCUT2D eigenvalue weighted by Crippen LogP contribution is 2.39. The number of methoxy groups -OCH3 is 1. The van der Waals surface area contributed by atoms with E-state index in [2.05, 4.69) is 32.9 Å². The van der Waals surface area contributed by atoms with Crippen molar-refractivity contribution in [2.45, 2.75) is 51.9 Å². The zero-order valence-corrected chi connectivity index (χ0v) is 14.4. The first-order valence-corrected chi connectivity index (χ1v) is 8.21. The van der Waals surface area contributed by atoms with E-state index in [-0.39, 0.29) is 11.2 Å². The summed E-state index contributed by atoms with van der Waals surface area (Å²) in [6, 6.07) is 8.07. The fourth-order valence-electron chi connectivity index (χ4n) is 3.68. The molecule has 0 unspecified atom stereocenters. The van der Waals surface area contributed by atoms with E-state index in [0.717, 1.165) is 18.6 Å². The third kappa shape index (κ3) is 2.92. The molecule has 0 saturated carbocycles. The van der Waals surface area contributed by atoms with Gasteiger partial charge in [0.05, 0.1) is 7.11 Å². The molecular formula is C20H24O3. The normalized spacial score (nSPS) is 16.0. The van der Waals surface area contributed by atoms with Crippen LogP contribution in [-0.2, 0) is 23.0 Å². The molecule has 1 aromatic carbocycles. The molecule has 122 valence electrons. The number of furan rings is 1. The van der Waals surface area contributed by atoms with Crippen LogP contribution < -0.4 is 0 Å². The van der Waals surface area contributed by atoms with Crippen LogP contribution in [0.1, 0.15) is 65.3 Å². The molecule has 0 amide bonds. The number of carbonyl (C=O) groups is 1. The topological polar surface area (TPSA) is 39.4 Å². The molecule has 0 aliphatic heterocycles. The van der Waals surface area contributed by atoms with E-state index in [4.69, 9.17) is 9.15 Å². The molecule has 0 N–H and O–H groups in total. The number of hydrogen-bond donors (Lipinski definition) is 0. The predicted molar refractivity (Wildman–Crippen MR) is 90.0 cm³/mol. The van der Waals surface area contributed by atoms with Crippen LogP contribution in [0, 0.1) is 6.92 Å². The largest absolute Gasteiger partial charge is 0.463 e. The van der Waals surface area contributed by atoms with Gasteiger partial charge in [0.15, 0.2) is 0 Å². The van der Waals surface area contributed by atoms with Crippen molar-refractivity contribution in [3.05, 3.63) is 58.0 Å². The number of ether oxygens (including phenoxy) is 1. The van der Waals surface area contributed by atoms with Gasteiger partial charge in [-0.2, -0.15) is 0 Å². The van der Waals surface area contributed by atoms with Gasteiger partial charge in [0.25, 0.3) is 0 Å². The minimum Gasteiger partial charge on any atom is -0.463 e. The van der Waals surface area contributed by atoms with Gasteiger partial charge in [-0.15, -0.1) is 0 Å². The summed E-state index contributed by atoms with van der Waals surface area (Å²) in [5, 5.41) is 0. The molecule has 3 rings (SSSR count). The number of hydrogen-bond acceptors (Lipinski definition) is 3. The predicted octanol–water partition coefficient (Wildman–Crippen LogP) is 4.58. The first-order chi connectivity index (χ1) is 10.9. The molecule has 1 heterocycles. The number of carbonyl (C=O) groups excluding carboxylic acids is 1. The third-order valence-electron chi connectivity index (χ3n) is 5.02. The molecule has 1 aliphatic rings. The summed E-state index contributed by atoms with van der Waals surface area (Å²) >= 11 is 0. The maximum Gasteiger partial charge on any atom is 0.373 e. The van der Waals surface area contributed by atoms with Gasteiger partial charge in [0, 0.05) is 6.42 Å². The van der Waals surface area contributed by atoms with E-state index >= 15 is 0 Å². The Balaban J connectivity index is 1.97. The number of fused-ring (bicyclic) bond motifs is 1. The van der Waals surface area contributed by atoms with E-state index < -0.39 is 5.97 Å². The van der Waals surface area contributed by atoms with Gasteiger partial charge in [-0.1, -0.05) is 26.0 Å². The Morgan fingerprint density at radius 2 is 2.04 bits per heavy atom. The van der Waals surface area contributed by atoms with Crippen LogP contribution in [0.2, 0.25) is 0 Å². The van der Waals surface area contributed by atoms with Crippen LogP contribution >= 0.6 is 0 Å². The van der Waals surface area contributed by atoms with Gasteiger partial charge in [-0.25, -0.2) is 4.79 Å². The average Bonchev–Trinajstić information content (AvgIpc) is 2.97. The standard InChI is InChI=1S/C20H24O3/c1-13-7-9-17-15(6-5-11-20(17,2)3)16(13)12-14-8-10-18(23-14)19(21)22-4/h7-10H,5-6,11-12H2,1-4H3. The van der Waals surface area contributed by atoms with Gasteiger partial charge in [0.1, 0.15) is 5.76 Å². The zero-order chi connectivity index (χ0) is 16.6. The van der Waals surface area contributed by atoms with E-state index in [0.29, 0.717) is 0 Å². The third-order valence-corrected chi connectivity index (χ3v) is 5.02. The number of esters is 1. The molecule has 3 heteroatoms. The highest BCUT2D eigenvalue weighted by atomic mass is 16.5. The molecular weight excluding hydrogens is 288 g/mol. The smallest absolute Gasteiger partial charge is 0.373 e. The highest BCUT2D eigenvalue weighted by Gasteiger charge is 2.29. The molecule has 3 nitrogen and oxygen atoms in total. The van der Waals surface area contributed by atoms with Crippen molar-refractivity contribution in [2.75, 3.05) is 7.11 Å². The number of aryl methyl sites for hydroxylation is 1. The van der Waals surface area contributed by atoms with Crippen LogP contribution in [-0.4, -0.2) is 13.1 Å². The van der Waals surface area contributed by atoms with Crippen molar-refractivity contribution in [3.8, 4) is 0 Å². The molecule has 0 spiro atoms. The van der Waals surface area contributed by atoms with Crippen molar-refractivity contribution in [1.29, 1.82) is 0 Å². The Hall–Kier alpha value is -2.03. The van der Waals surface area contributed by atoms with E-state index in [9.17, 15) is 4.79 Å². The lowest BCUT2D eigenvalue weighted by molar-refractivity contribution is 0.0563. The van der Waals surface area contributed by atoms with Crippen molar-refractivity contribution >= 4 is 5.97 Å². The summed E-state index contributed by atoms with van der Waals surface area (Å²) in [5.41, 5.74) is 5.80. The minimum atomic E-state index is -0.427. The first-order valence-electron chi connectivity index (χ1n) is 8.21. The lowest BCUT2D eigenvalue weighted by Gasteiger charge is -2.34. The second kappa shape index (κ2) is 5.88. The number of benzene rings is 1. The van der Waals surface area contributed by atoms with Gasteiger partial charge >= 0.3 is 5.97 Å². The van der Waals surface area contributed by atoms with Gasteiger partial charge < -0.3 is 9.15 Å². The molecule has 0 atom stereocenters. The van der Waals surface area contributed by atoms with Gasteiger partial charge in [-0.3, -0.25) is 0 Å². The lowest BCUT2D eigenvalue weighted by Crippen LogP contribution is -2.25. The summed E-state index contributed by atoms with van der Waals surface area (Å²) in [6.07, 6.45) is 4.31. The monoisotopic (exact) mass is 312 g/mol. The van der Waals surface area contributed by atoms with Crippen molar-refractivity contribution in [2.24, 2.45) is 0 Å². The Morgan fingerprint density at radius 3 is 2.78 bits per heavy atom. The lowest BCUT2D eigenvalue weighted by atomic mass is 9.70. The highest BCUT2D eigenvalue weighted by molar-refractivity contribution is 5.86. The Labute approximate surface area is 137 Å². The second-order valence-electron chi connectivity index (χ2n) is 7.06. The Morgan fingerprint density at radius 1 is 1.26 bits per heavy atom. The van der Waals surface area contributed by atoms with E-state index in [1.165, 1.54) is 42.2 Å². The molecule has 1 aromatic heterocycles. The quantitative estimate of drug-likeness (QED) is 0.779. The molecule has 0 radical (unpaired) electrons. The maximum absolute atomic E-state index is 11.5. The summed E-state index contributed by atoms with van der Waals surface area (Å²) in [4.78, 5) is 11.5. The summed E-state index contributed by atoms with van der Waals surface area (Å²) in [6.45, 7) is 6.81. The number of rotatable bonds is 3. The average molecular weight is 312 g/mol. The van der Waals surface area contributed by atoms with Gasteiger partial charge in [0.2, 0.25) is 5.76 Å². The maximum atomic E-state index is 11.5. The molecule has 0 saturated heterocycles. The van der Waals surface area contributed by atoms with Gasteiger partial charge in [-0.05, 0) is 66.0 Å². The van der Waals surface area contributed by atoms with Crippen molar-refractivity contribution < 1.29 is 13.9 Å². The molecule has 0 bridgehead atoms. The van der Waals surface area contributed by atoms with Crippen LogP contribution in [0.15, 0.2) is 28.7 Å². The molecule has 0 fully saturated rings. The van der Waals surface area contributed by atoms with Crippen molar-refractivity contribution in [1.82, 2.24) is 0 Å².